The van der Waals surface area contributed by atoms with Crippen molar-refractivity contribution in [3.63, 3.8) is 0 Å². The van der Waals surface area contributed by atoms with Crippen molar-refractivity contribution in [3.05, 3.63) is 84.1 Å². The molecular formula is C19H18N2O2S. The van der Waals surface area contributed by atoms with Gasteiger partial charge < -0.3 is 0 Å². The van der Waals surface area contributed by atoms with Crippen LogP contribution in [0.25, 0.3) is 11.3 Å². The predicted octanol–water partition coefficient (Wildman–Crippen LogP) is 3.54. The molecule has 0 saturated carbocycles. The van der Waals surface area contributed by atoms with Gasteiger partial charge in [0.1, 0.15) is 0 Å². The van der Waals surface area contributed by atoms with E-state index >= 15 is 0 Å². The number of sulfonamides is 1. The summed E-state index contributed by atoms with van der Waals surface area (Å²) in [6.45, 7) is 2.21. The molecule has 0 radical (unpaired) electrons. The van der Waals surface area contributed by atoms with Crippen LogP contribution in [0.15, 0.2) is 77.8 Å². The fourth-order valence-corrected chi connectivity index (χ4v) is 3.44. The summed E-state index contributed by atoms with van der Waals surface area (Å²) in [6, 6.07) is 20.1. The van der Waals surface area contributed by atoms with Gasteiger partial charge in [-0.1, -0.05) is 54.1 Å². The molecule has 1 aromatic heterocycles. The average Bonchev–Trinajstić information content (AvgIpc) is 2.62. The second kappa shape index (κ2) is 6.95. The number of aryl methyl sites for hydroxylation is 1. The van der Waals surface area contributed by atoms with Gasteiger partial charge in [-0.3, -0.25) is 4.98 Å². The summed E-state index contributed by atoms with van der Waals surface area (Å²) in [5.41, 5.74) is 3.75. The van der Waals surface area contributed by atoms with Gasteiger partial charge in [0.05, 0.1) is 10.6 Å². The van der Waals surface area contributed by atoms with Crippen molar-refractivity contribution < 1.29 is 8.42 Å². The molecule has 0 saturated heterocycles. The van der Waals surface area contributed by atoms with Crippen molar-refractivity contribution in [2.45, 2.75) is 18.4 Å². The lowest BCUT2D eigenvalue weighted by Gasteiger charge is -2.11. The minimum Gasteiger partial charge on any atom is -0.256 e. The van der Waals surface area contributed by atoms with E-state index in [1.54, 1.807) is 36.5 Å². The summed E-state index contributed by atoms with van der Waals surface area (Å²) in [5, 5.41) is 0. The highest BCUT2D eigenvalue weighted by Crippen LogP contribution is 2.22. The Labute approximate surface area is 142 Å². The number of rotatable bonds is 5. The molecule has 1 heterocycles. The topological polar surface area (TPSA) is 59.1 Å². The molecule has 0 amide bonds. The van der Waals surface area contributed by atoms with Gasteiger partial charge in [-0.05, 0) is 30.7 Å². The van der Waals surface area contributed by atoms with Crippen LogP contribution in [-0.2, 0) is 16.6 Å². The normalized spacial score (nSPS) is 11.4. The fourth-order valence-electron chi connectivity index (χ4n) is 2.41. The summed E-state index contributed by atoms with van der Waals surface area (Å²) < 4.78 is 27.4. The summed E-state index contributed by atoms with van der Waals surface area (Å²) in [7, 11) is -3.54. The van der Waals surface area contributed by atoms with E-state index in [2.05, 4.69) is 9.71 Å². The Morgan fingerprint density at radius 3 is 2.33 bits per heavy atom. The number of nitrogens with one attached hydrogen (secondary N) is 1. The Morgan fingerprint density at radius 1 is 0.917 bits per heavy atom. The zero-order valence-corrected chi connectivity index (χ0v) is 14.1. The average molecular weight is 338 g/mol. The summed E-state index contributed by atoms with van der Waals surface area (Å²) >= 11 is 0. The molecule has 0 bridgehead atoms. The molecule has 0 unspecified atom stereocenters. The maximum atomic E-state index is 12.4. The van der Waals surface area contributed by atoms with Gasteiger partial charge in [-0.15, -0.1) is 0 Å². The third kappa shape index (κ3) is 3.69. The van der Waals surface area contributed by atoms with Crippen LogP contribution in [-0.4, -0.2) is 13.4 Å². The molecule has 3 rings (SSSR count). The second-order valence-corrected chi connectivity index (χ2v) is 7.28. The number of hydrogen-bond donors (Lipinski definition) is 1. The maximum Gasteiger partial charge on any atom is 0.240 e. The first kappa shape index (κ1) is 16.4. The highest BCUT2D eigenvalue weighted by atomic mass is 32.2. The Balaban J connectivity index is 1.85. The number of hydrogen-bond acceptors (Lipinski definition) is 3. The molecule has 122 valence electrons. The Hall–Kier alpha value is -2.50. The highest BCUT2D eigenvalue weighted by molar-refractivity contribution is 7.89. The molecule has 4 nitrogen and oxygen atoms in total. The molecule has 5 heteroatoms. The van der Waals surface area contributed by atoms with E-state index in [9.17, 15) is 8.42 Å². The zero-order valence-electron chi connectivity index (χ0n) is 13.3. The smallest absolute Gasteiger partial charge is 0.240 e. The molecule has 24 heavy (non-hydrogen) atoms. The van der Waals surface area contributed by atoms with Gasteiger partial charge in [0.25, 0.3) is 0 Å². The highest BCUT2D eigenvalue weighted by Gasteiger charge is 2.14. The van der Waals surface area contributed by atoms with Crippen LogP contribution in [0.3, 0.4) is 0 Å². The van der Waals surface area contributed by atoms with E-state index in [1.165, 1.54) is 5.56 Å². The first-order chi connectivity index (χ1) is 11.6. The number of nitrogens with zero attached hydrogens (tertiary/aromatic N) is 1. The largest absolute Gasteiger partial charge is 0.256 e. The molecule has 0 aliphatic carbocycles. The molecule has 2 aromatic carbocycles. The van der Waals surface area contributed by atoms with Crippen molar-refractivity contribution in [3.8, 4) is 11.3 Å². The fraction of sp³-hybridized carbons (Fsp3) is 0.105. The third-order valence-corrected chi connectivity index (χ3v) is 5.14. The van der Waals surface area contributed by atoms with E-state index in [0.29, 0.717) is 0 Å². The molecule has 0 aliphatic heterocycles. The Kier molecular flexibility index (Phi) is 4.74. The van der Waals surface area contributed by atoms with Crippen LogP contribution in [0, 0.1) is 6.92 Å². The van der Waals surface area contributed by atoms with E-state index in [1.807, 2.05) is 43.3 Å². The van der Waals surface area contributed by atoms with Gasteiger partial charge in [0.15, 0.2) is 0 Å². The van der Waals surface area contributed by atoms with Gasteiger partial charge in [-0.2, -0.15) is 0 Å². The van der Waals surface area contributed by atoms with E-state index in [-0.39, 0.29) is 11.4 Å². The van der Waals surface area contributed by atoms with Crippen molar-refractivity contribution in [1.82, 2.24) is 9.71 Å². The van der Waals surface area contributed by atoms with Gasteiger partial charge in [-0.25, -0.2) is 13.1 Å². The van der Waals surface area contributed by atoms with E-state index in [0.717, 1.165) is 16.8 Å². The number of aromatic nitrogens is 1. The molecule has 1 N–H and O–H groups in total. The number of pyridine rings is 1. The standard InChI is InChI=1S/C19H18N2O2S/c1-15-9-11-16(12-10-15)19-17(6-5-13-20-19)14-21-24(22,23)18-7-3-2-4-8-18/h2-13,21H,14H2,1H3. The zero-order chi connectivity index (χ0) is 17.0. The lowest BCUT2D eigenvalue weighted by Crippen LogP contribution is -2.23. The molecule has 0 aliphatic rings. The van der Waals surface area contributed by atoms with Crippen LogP contribution in [0.4, 0.5) is 0 Å². The molecule has 3 aromatic rings. The quantitative estimate of drug-likeness (QED) is 0.774. The maximum absolute atomic E-state index is 12.4. The summed E-state index contributed by atoms with van der Waals surface area (Å²) in [6.07, 6.45) is 1.71. The summed E-state index contributed by atoms with van der Waals surface area (Å²) in [4.78, 5) is 4.67. The summed E-state index contributed by atoms with van der Waals surface area (Å²) in [5.74, 6) is 0. The van der Waals surface area contributed by atoms with Gasteiger partial charge >= 0.3 is 0 Å². The first-order valence-electron chi connectivity index (χ1n) is 7.62. The van der Waals surface area contributed by atoms with Crippen LogP contribution < -0.4 is 4.72 Å². The van der Waals surface area contributed by atoms with Crippen LogP contribution in [0.5, 0.6) is 0 Å². The van der Waals surface area contributed by atoms with Crippen LogP contribution >= 0.6 is 0 Å². The Morgan fingerprint density at radius 2 is 1.62 bits per heavy atom. The van der Waals surface area contributed by atoms with Crippen LogP contribution in [0.2, 0.25) is 0 Å². The monoisotopic (exact) mass is 338 g/mol. The van der Waals surface area contributed by atoms with Crippen molar-refractivity contribution in [1.29, 1.82) is 0 Å². The number of benzene rings is 2. The molecule has 0 atom stereocenters. The molecular weight excluding hydrogens is 320 g/mol. The SMILES string of the molecule is Cc1ccc(-c2ncccc2CNS(=O)(=O)c2ccccc2)cc1. The molecule has 0 fully saturated rings. The first-order valence-corrected chi connectivity index (χ1v) is 9.10. The minimum absolute atomic E-state index is 0.189. The van der Waals surface area contributed by atoms with Gasteiger partial charge in [0, 0.05) is 18.3 Å². The van der Waals surface area contributed by atoms with Gasteiger partial charge in [0.2, 0.25) is 10.0 Å². The predicted molar refractivity (Wildman–Crippen MR) is 94.9 cm³/mol. The van der Waals surface area contributed by atoms with Crippen molar-refractivity contribution >= 4 is 10.0 Å². The molecule has 0 spiro atoms. The second-order valence-electron chi connectivity index (χ2n) is 5.51. The lowest BCUT2D eigenvalue weighted by atomic mass is 10.0. The van der Waals surface area contributed by atoms with Crippen LogP contribution in [0.1, 0.15) is 11.1 Å². The van der Waals surface area contributed by atoms with Crippen molar-refractivity contribution in [2.75, 3.05) is 0 Å². The minimum atomic E-state index is -3.54. The lowest BCUT2D eigenvalue weighted by molar-refractivity contribution is 0.581. The van der Waals surface area contributed by atoms with E-state index < -0.39 is 10.0 Å². The van der Waals surface area contributed by atoms with E-state index in [4.69, 9.17) is 0 Å². The van der Waals surface area contributed by atoms with Crippen molar-refractivity contribution in [2.24, 2.45) is 0 Å². The third-order valence-electron chi connectivity index (χ3n) is 3.72. The Bertz CT molecular complexity index is 921.